The molecule has 0 spiro atoms. The molecule has 3 rings (SSSR count). The number of hydrogen-bond donors (Lipinski definition) is 2. The first-order chi connectivity index (χ1) is 14.5. The van der Waals surface area contributed by atoms with Crippen LogP contribution >= 0.6 is 0 Å². The third-order valence-corrected chi connectivity index (χ3v) is 5.74. The molecule has 3 N–H and O–H groups in total. The molecular weight excluding hydrogens is 394 g/mol. The second-order valence-electron chi connectivity index (χ2n) is 9.20. The molecule has 0 bridgehead atoms. The molecule has 0 unspecified atom stereocenters. The summed E-state index contributed by atoms with van der Waals surface area (Å²) >= 11 is 0. The monoisotopic (exact) mass is 425 g/mol. The van der Waals surface area contributed by atoms with E-state index in [9.17, 15) is 9.59 Å². The Bertz CT molecular complexity index is 919. The van der Waals surface area contributed by atoms with E-state index >= 15 is 0 Å². The molecule has 1 saturated heterocycles. The minimum atomic E-state index is -0.950. The highest BCUT2D eigenvalue weighted by Gasteiger charge is 2.42. The van der Waals surface area contributed by atoms with E-state index < -0.39 is 11.6 Å². The van der Waals surface area contributed by atoms with Gasteiger partial charge in [-0.2, -0.15) is 0 Å². The number of carbonyl (C=O) groups excluding carboxylic acids is 1. The summed E-state index contributed by atoms with van der Waals surface area (Å²) in [6.07, 6.45) is 3.78. The third kappa shape index (κ3) is 5.54. The molecule has 2 heterocycles. The first-order valence-electron chi connectivity index (χ1n) is 10.6. The molecule has 7 heteroatoms. The molecule has 1 aliphatic heterocycles. The lowest BCUT2D eigenvalue weighted by atomic mass is 9.93. The maximum Gasteiger partial charge on any atom is 0.410 e. The quantitative estimate of drug-likeness (QED) is 0.732. The van der Waals surface area contributed by atoms with Crippen LogP contribution in [0.2, 0.25) is 0 Å². The molecule has 3 atom stereocenters. The lowest BCUT2D eigenvalue weighted by molar-refractivity contribution is 0.0126. The molecule has 0 saturated carbocycles. The Hall–Kier alpha value is -3.09. The van der Waals surface area contributed by atoms with Crippen molar-refractivity contribution < 1.29 is 19.4 Å². The number of carboxylic acids is 1. The van der Waals surface area contributed by atoms with Crippen molar-refractivity contribution in [2.75, 3.05) is 5.73 Å². The van der Waals surface area contributed by atoms with E-state index in [1.165, 1.54) is 0 Å². The Morgan fingerprint density at radius 1 is 1.19 bits per heavy atom. The van der Waals surface area contributed by atoms with Crippen molar-refractivity contribution in [3.63, 3.8) is 0 Å². The normalized spacial score (nSPS) is 19.8. The summed E-state index contributed by atoms with van der Waals surface area (Å²) < 4.78 is 5.75. The second kappa shape index (κ2) is 8.96. The molecule has 166 valence electrons. The summed E-state index contributed by atoms with van der Waals surface area (Å²) in [6, 6.07) is 10.5. The number of aromatic carboxylic acids is 1. The van der Waals surface area contributed by atoms with E-state index in [2.05, 4.69) is 11.9 Å². The molecule has 1 aliphatic rings. The van der Waals surface area contributed by atoms with Gasteiger partial charge in [0.2, 0.25) is 0 Å². The molecule has 0 radical (unpaired) electrons. The van der Waals surface area contributed by atoms with Crippen molar-refractivity contribution in [3.8, 4) is 0 Å². The van der Waals surface area contributed by atoms with Crippen LogP contribution in [-0.2, 0) is 11.2 Å². The van der Waals surface area contributed by atoms with Crippen LogP contribution in [0.4, 0.5) is 10.6 Å². The summed E-state index contributed by atoms with van der Waals surface area (Å²) in [7, 11) is 0. The highest BCUT2D eigenvalue weighted by Crippen LogP contribution is 2.36. The SMILES string of the molecule is C[C@H](c1ccc(N)nc1)[C@H]1CC[C@@H](Cc2ccc(C(=O)O)cc2)N1C(=O)OC(C)(C)C. The molecule has 7 nitrogen and oxygen atoms in total. The summed E-state index contributed by atoms with van der Waals surface area (Å²) in [4.78, 5) is 30.4. The number of hydrogen-bond acceptors (Lipinski definition) is 5. The van der Waals surface area contributed by atoms with Crippen molar-refractivity contribution in [2.45, 2.75) is 70.6 Å². The van der Waals surface area contributed by atoms with Gasteiger partial charge in [-0.05, 0) is 69.4 Å². The predicted molar refractivity (Wildman–Crippen MR) is 119 cm³/mol. The minimum absolute atomic E-state index is 0.0245. The average Bonchev–Trinajstić information content (AvgIpc) is 3.11. The minimum Gasteiger partial charge on any atom is -0.478 e. The average molecular weight is 426 g/mol. The fraction of sp³-hybridized carbons (Fsp3) is 0.458. The molecule has 1 amide bonds. The molecule has 31 heavy (non-hydrogen) atoms. The van der Waals surface area contributed by atoms with Crippen molar-refractivity contribution in [1.82, 2.24) is 9.88 Å². The number of aromatic nitrogens is 1. The number of nitrogen functional groups attached to an aromatic ring is 1. The number of carboxylic acid groups (broad SMARTS) is 1. The van der Waals surface area contributed by atoms with Crippen LogP contribution in [0, 0.1) is 0 Å². The Balaban J connectivity index is 1.84. The number of amides is 1. The van der Waals surface area contributed by atoms with Gasteiger partial charge in [0.25, 0.3) is 0 Å². The maximum absolute atomic E-state index is 13.2. The van der Waals surface area contributed by atoms with Crippen molar-refractivity contribution in [1.29, 1.82) is 0 Å². The van der Waals surface area contributed by atoms with Crippen LogP contribution in [0.3, 0.4) is 0 Å². The van der Waals surface area contributed by atoms with Gasteiger partial charge in [-0.1, -0.05) is 25.1 Å². The van der Waals surface area contributed by atoms with Gasteiger partial charge in [0.05, 0.1) is 5.56 Å². The Morgan fingerprint density at radius 2 is 1.87 bits per heavy atom. The number of likely N-dealkylation sites (tertiary alicyclic amines) is 1. The van der Waals surface area contributed by atoms with E-state index in [0.717, 1.165) is 24.0 Å². The molecule has 0 aliphatic carbocycles. The number of ether oxygens (including phenoxy) is 1. The number of benzene rings is 1. The van der Waals surface area contributed by atoms with Gasteiger partial charge < -0.3 is 20.5 Å². The Labute approximate surface area is 183 Å². The fourth-order valence-electron chi connectivity index (χ4n) is 4.17. The van der Waals surface area contributed by atoms with Gasteiger partial charge in [0, 0.05) is 24.2 Å². The van der Waals surface area contributed by atoms with Gasteiger partial charge in [-0.3, -0.25) is 0 Å². The summed E-state index contributed by atoms with van der Waals surface area (Å²) in [6.45, 7) is 7.69. The van der Waals surface area contributed by atoms with Gasteiger partial charge in [-0.25, -0.2) is 14.6 Å². The van der Waals surface area contributed by atoms with Crippen LogP contribution in [-0.4, -0.2) is 44.7 Å². The summed E-state index contributed by atoms with van der Waals surface area (Å²) in [5.74, 6) is -0.414. The highest BCUT2D eigenvalue weighted by molar-refractivity contribution is 5.87. The standard InChI is InChI=1S/C24H31N3O4/c1-15(18-9-12-21(25)26-14-18)20-11-10-19(27(20)23(30)31-24(2,3)4)13-16-5-7-17(8-6-16)22(28)29/h5-9,12,14-15,19-20H,10-11,13H2,1-4H3,(H2,25,26)(H,28,29)/t15-,19+,20-/m1/s1. The molecule has 1 aromatic heterocycles. The number of rotatable bonds is 5. The number of nitrogens with two attached hydrogens (primary N) is 1. The van der Waals surface area contributed by atoms with E-state index in [1.807, 2.05) is 43.9 Å². The second-order valence-corrected chi connectivity index (χ2v) is 9.20. The largest absolute Gasteiger partial charge is 0.478 e. The van der Waals surface area contributed by atoms with E-state index in [0.29, 0.717) is 12.2 Å². The molecule has 1 fully saturated rings. The van der Waals surface area contributed by atoms with Crippen LogP contribution in [0.1, 0.15) is 67.9 Å². The number of nitrogens with zero attached hydrogens (tertiary/aromatic N) is 2. The third-order valence-electron chi connectivity index (χ3n) is 5.74. The summed E-state index contributed by atoms with van der Waals surface area (Å²) in [5, 5.41) is 9.12. The van der Waals surface area contributed by atoms with E-state index in [4.69, 9.17) is 15.6 Å². The van der Waals surface area contributed by atoms with Crippen molar-refractivity contribution >= 4 is 17.9 Å². The van der Waals surface area contributed by atoms with Crippen molar-refractivity contribution in [2.24, 2.45) is 0 Å². The maximum atomic E-state index is 13.2. The van der Waals surface area contributed by atoms with Crippen LogP contribution in [0.15, 0.2) is 42.6 Å². The van der Waals surface area contributed by atoms with Crippen LogP contribution < -0.4 is 5.73 Å². The lowest BCUT2D eigenvalue weighted by Crippen LogP contribution is -2.46. The van der Waals surface area contributed by atoms with Gasteiger partial charge in [0.15, 0.2) is 0 Å². The van der Waals surface area contributed by atoms with Gasteiger partial charge in [-0.15, -0.1) is 0 Å². The molecule has 2 aromatic rings. The van der Waals surface area contributed by atoms with Gasteiger partial charge in [0.1, 0.15) is 11.4 Å². The molecular formula is C24H31N3O4. The van der Waals surface area contributed by atoms with E-state index in [-0.39, 0.29) is 29.7 Å². The Morgan fingerprint density at radius 3 is 2.42 bits per heavy atom. The zero-order valence-electron chi connectivity index (χ0n) is 18.5. The number of pyridine rings is 1. The summed E-state index contributed by atoms with van der Waals surface area (Å²) in [5.41, 5.74) is 7.41. The van der Waals surface area contributed by atoms with E-state index in [1.54, 1.807) is 24.4 Å². The first-order valence-corrected chi connectivity index (χ1v) is 10.6. The number of anilines is 1. The smallest absolute Gasteiger partial charge is 0.410 e. The van der Waals surface area contributed by atoms with Gasteiger partial charge >= 0.3 is 12.1 Å². The van der Waals surface area contributed by atoms with Crippen LogP contribution in [0.5, 0.6) is 0 Å². The lowest BCUT2D eigenvalue weighted by Gasteiger charge is -2.35. The Kier molecular flexibility index (Phi) is 6.53. The van der Waals surface area contributed by atoms with Crippen LogP contribution in [0.25, 0.3) is 0 Å². The topological polar surface area (TPSA) is 106 Å². The fourth-order valence-corrected chi connectivity index (χ4v) is 4.17. The molecule has 1 aromatic carbocycles. The zero-order valence-corrected chi connectivity index (χ0v) is 18.5. The zero-order chi connectivity index (χ0) is 22.8. The number of carbonyl (C=O) groups is 2. The predicted octanol–water partition coefficient (Wildman–Crippen LogP) is 4.48. The first kappa shape index (κ1) is 22.6. The highest BCUT2D eigenvalue weighted by atomic mass is 16.6. The van der Waals surface area contributed by atoms with Crippen molar-refractivity contribution in [3.05, 3.63) is 59.3 Å².